The van der Waals surface area contributed by atoms with Crippen LogP contribution in [0.1, 0.15) is 38.4 Å². The molecule has 1 aromatic heterocycles. The number of ether oxygens (including phenoxy) is 2. The first-order chi connectivity index (χ1) is 8.12. The predicted molar refractivity (Wildman–Crippen MR) is 65.3 cm³/mol. The molecule has 1 unspecified atom stereocenters. The summed E-state index contributed by atoms with van der Waals surface area (Å²) in [6.07, 6.45) is 2.58. The van der Waals surface area contributed by atoms with Crippen molar-refractivity contribution in [2.75, 3.05) is 18.5 Å². The van der Waals surface area contributed by atoms with Crippen molar-refractivity contribution >= 4 is 16.7 Å². The van der Waals surface area contributed by atoms with Crippen LogP contribution in [-0.4, -0.2) is 34.4 Å². The van der Waals surface area contributed by atoms with Crippen molar-refractivity contribution in [2.24, 2.45) is 0 Å². The molecule has 2 aliphatic rings. The number of nitrogens with zero attached hydrogens (tertiary/aromatic N) is 2. The van der Waals surface area contributed by atoms with Crippen LogP contribution in [0, 0.1) is 0 Å². The predicted octanol–water partition coefficient (Wildman–Crippen LogP) is 1.98. The van der Waals surface area contributed by atoms with E-state index in [4.69, 9.17) is 9.47 Å². The highest BCUT2D eigenvalue weighted by molar-refractivity contribution is 7.09. The third-order valence-electron chi connectivity index (χ3n) is 2.93. The molecule has 2 heterocycles. The van der Waals surface area contributed by atoms with E-state index in [1.807, 2.05) is 13.8 Å². The highest BCUT2D eigenvalue weighted by Gasteiger charge is 2.32. The molecule has 1 saturated carbocycles. The molecule has 3 rings (SSSR count). The minimum Gasteiger partial charge on any atom is -0.358 e. The highest BCUT2D eigenvalue weighted by atomic mass is 32.1. The van der Waals surface area contributed by atoms with Crippen molar-refractivity contribution in [3.8, 4) is 0 Å². The summed E-state index contributed by atoms with van der Waals surface area (Å²) in [6, 6.07) is 0. The van der Waals surface area contributed by atoms with Gasteiger partial charge in [0.25, 0.3) is 0 Å². The summed E-state index contributed by atoms with van der Waals surface area (Å²) in [5.74, 6) is 1.17. The minimum atomic E-state index is -0.452. The van der Waals surface area contributed by atoms with Crippen LogP contribution < -0.4 is 5.32 Å². The average molecular weight is 255 g/mol. The lowest BCUT2D eigenvalue weighted by Crippen LogP contribution is -2.25. The second-order valence-corrected chi connectivity index (χ2v) is 5.82. The SMILES string of the molecule is CC1(C)OCC(CNc2nc(C3CC3)ns2)O1. The molecule has 1 aliphatic carbocycles. The molecule has 0 amide bonds. The molecule has 2 fully saturated rings. The number of nitrogens with one attached hydrogen (secondary N) is 1. The van der Waals surface area contributed by atoms with Crippen molar-refractivity contribution in [1.82, 2.24) is 9.36 Å². The summed E-state index contributed by atoms with van der Waals surface area (Å²) in [7, 11) is 0. The number of hydrogen-bond acceptors (Lipinski definition) is 6. The van der Waals surface area contributed by atoms with Crippen LogP contribution in [0.4, 0.5) is 5.13 Å². The summed E-state index contributed by atoms with van der Waals surface area (Å²) in [5.41, 5.74) is 0. The first-order valence-corrected chi connectivity index (χ1v) is 6.79. The number of aromatic nitrogens is 2. The van der Waals surface area contributed by atoms with E-state index in [1.165, 1.54) is 24.4 Å². The molecule has 0 aromatic carbocycles. The first-order valence-electron chi connectivity index (χ1n) is 6.02. The normalized spacial score (nSPS) is 27.3. The molecule has 1 saturated heterocycles. The summed E-state index contributed by atoms with van der Waals surface area (Å²) in [4.78, 5) is 4.47. The summed E-state index contributed by atoms with van der Waals surface area (Å²) < 4.78 is 15.6. The number of hydrogen-bond donors (Lipinski definition) is 1. The van der Waals surface area contributed by atoms with E-state index in [2.05, 4.69) is 14.7 Å². The van der Waals surface area contributed by atoms with Crippen LogP contribution in [0.25, 0.3) is 0 Å². The lowest BCUT2D eigenvalue weighted by Gasteiger charge is -2.16. The third kappa shape index (κ3) is 2.75. The van der Waals surface area contributed by atoms with Crippen LogP contribution >= 0.6 is 11.5 Å². The fourth-order valence-electron chi connectivity index (χ4n) is 1.88. The van der Waals surface area contributed by atoms with E-state index < -0.39 is 5.79 Å². The molecular weight excluding hydrogens is 238 g/mol. The lowest BCUT2D eigenvalue weighted by molar-refractivity contribution is -0.136. The fourth-order valence-corrected chi connectivity index (χ4v) is 2.53. The van der Waals surface area contributed by atoms with Gasteiger partial charge in [-0.3, -0.25) is 0 Å². The monoisotopic (exact) mass is 255 g/mol. The molecule has 0 spiro atoms. The van der Waals surface area contributed by atoms with E-state index >= 15 is 0 Å². The van der Waals surface area contributed by atoms with Crippen LogP contribution in [0.3, 0.4) is 0 Å². The molecule has 6 heteroatoms. The van der Waals surface area contributed by atoms with E-state index in [-0.39, 0.29) is 6.10 Å². The van der Waals surface area contributed by atoms with Gasteiger partial charge in [-0.05, 0) is 26.7 Å². The van der Waals surface area contributed by atoms with Gasteiger partial charge in [0, 0.05) is 24.0 Å². The van der Waals surface area contributed by atoms with Crippen LogP contribution in [0.2, 0.25) is 0 Å². The second-order valence-electron chi connectivity index (χ2n) is 5.06. The van der Waals surface area contributed by atoms with Crippen molar-refractivity contribution in [3.63, 3.8) is 0 Å². The zero-order chi connectivity index (χ0) is 11.9. The van der Waals surface area contributed by atoms with Gasteiger partial charge in [0.15, 0.2) is 5.79 Å². The maximum absolute atomic E-state index is 5.71. The van der Waals surface area contributed by atoms with Crippen molar-refractivity contribution in [3.05, 3.63) is 5.82 Å². The third-order valence-corrected chi connectivity index (χ3v) is 3.62. The maximum Gasteiger partial charge on any atom is 0.202 e. The Hall–Kier alpha value is -0.720. The fraction of sp³-hybridized carbons (Fsp3) is 0.818. The van der Waals surface area contributed by atoms with E-state index in [0.717, 1.165) is 17.5 Å². The molecule has 1 aliphatic heterocycles. The molecular formula is C11H17N3O2S. The van der Waals surface area contributed by atoms with Gasteiger partial charge >= 0.3 is 0 Å². The molecule has 0 bridgehead atoms. The van der Waals surface area contributed by atoms with Crippen LogP contribution in [0.5, 0.6) is 0 Å². The lowest BCUT2D eigenvalue weighted by atomic mass is 10.4. The Morgan fingerprint density at radius 3 is 2.94 bits per heavy atom. The summed E-state index contributed by atoms with van der Waals surface area (Å²) >= 11 is 1.43. The molecule has 94 valence electrons. The van der Waals surface area contributed by atoms with Gasteiger partial charge in [-0.1, -0.05) is 0 Å². The van der Waals surface area contributed by atoms with Crippen LogP contribution in [0.15, 0.2) is 0 Å². The van der Waals surface area contributed by atoms with Gasteiger partial charge < -0.3 is 14.8 Å². The quantitative estimate of drug-likeness (QED) is 0.891. The van der Waals surface area contributed by atoms with Crippen molar-refractivity contribution in [2.45, 2.75) is 44.5 Å². The van der Waals surface area contributed by atoms with Crippen LogP contribution in [-0.2, 0) is 9.47 Å². The maximum atomic E-state index is 5.71. The second kappa shape index (κ2) is 4.19. The van der Waals surface area contributed by atoms with Crippen molar-refractivity contribution < 1.29 is 9.47 Å². The zero-order valence-corrected chi connectivity index (χ0v) is 10.9. The van der Waals surface area contributed by atoms with Gasteiger partial charge in [0.1, 0.15) is 11.9 Å². The van der Waals surface area contributed by atoms with E-state index in [0.29, 0.717) is 12.5 Å². The van der Waals surface area contributed by atoms with Gasteiger partial charge in [0.05, 0.1) is 6.61 Å². The molecule has 0 radical (unpaired) electrons. The summed E-state index contributed by atoms with van der Waals surface area (Å²) in [5, 5.41) is 4.16. The van der Waals surface area contributed by atoms with E-state index in [1.54, 1.807) is 0 Å². The highest BCUT2D eigenvalue weighted by Crippen LogP contribution is 2.39. The molecule has 1 aromatic rings. The largest absolute Gasteiger partial charge is 0.358 e. The van der Waals surface area contributed by atoms with Gasteiger partial charge in [-0.15, -0.1) is 0 Å². The smallest absolute Gasteiger partial charge is 0.202 e. The van der Waals surface area contributed by atoms with Gasteiger partial charge in [-0.2, -0.15) is 4.37 Å². The number of rotatable bonds is 4. The summed E-state index contributed by atoms with van der Waals surface area (Å²) in [6.45, 7) is 5.23. The Morgan fingerprint density at radius 1 is 1.47 bits per heavy atom. The zero-order valence-electron chi connectivity index (χ0n) is 10.1. The molecule has 5 nitrogen and oxygen atoms in total. The molecule has 1 atom stereocenters. The van der Waals surface area contributed by atoms with Crippen molar-refractivity contribution in [1.29, 1.82) is 0 Å². The number of anilines is 1. The minimum absolute atomic E-state index is 0.0956. The first kappa shape index (κ1) is 11.4. The Labute approximate surface area is 105 Å². The Bertz CT molecular complexity index is 403. The Morgan fingerprint density at radius 2 is 2.29 bits per heavy atom. The van der Waals surface area contributed by atoms with Gasteiger partial charge in [-0.25, -0.2) is 4.98 Å². The average Bonchev–Trinajstić information content (AvgIpc) is 2.92. The molecule has 17 heavy (non-hydrogen) atoms. The Kier molecular flexibility index (Phi) is 2.80. The van der Waals surface area contributed by atoms with Gasteiger partial charge in [0.2, 0.25) is 5.13 Å². The van der Waals surface area contributed by atoms with E-state index in [9.17, 15) is 0 Å². The molecule has 1 N–H and O–H groups in total. The topological polar surface area (TPSA) is 56.3 Å². The Balaban J connectivity index is 1.50. The standard InChI is InChI=1S/C11H17N3O2S/c1-11(2)15-6-8(16-11)5-12-10-13-9(14-17-10)7-3-4-7/h7-8H,3-6H2,1-2H3,(H,12,13,14).